The van der Waals surface area contributed by atoms with Gasteiger partial charge in [0.25, 0.3) is 0 Å². The number of aromatic nitrogens is 1. The molecule has 1 rings (SSSR count). The highest BCUT2D eigenvalue weighted by Crippen LogP contribution is 2.28. The molecule has 0 saturated carbocycles. The van der Waals surface area contributed by atoms with E-state index in [0.29, 0.717) is 0 Å². The monoisotopic (exact) mass is 290 g/mol. The summed E-state index contributed by atoms with van der Waals surface area (Å²) in [6.45, 7) is 2.80. The molecule has 0 unspecified atom stereocenters. The van der Waals surface area contributed by atoms with Crippen molar-refractivity contribution >= 4 is 17.4 Å². The van der Waals surface area contributed by atoms with E-state index in [1.165, 1.54) is 13.8 Å². The number of alkyl halides is 3. The lowest BCUT2D eigenvalue weighted by atomic mass is 9.91. The van der Waals surface area contributed by atoms with Crippen LogP contribution >= 0.6 is 0 Å². The van der Waals surface area contributed by atoms with E-state index in [1.54, 1.807) is 0 Å². The topological polar surface area (TPSA) is 101 Å². The SMILES string of the molecule is CC(C)(C(=O)Nc1ccc(C(F)(F)F)nc1)/C(N)=N/O. The Hall–Kier alpha value is -2.32. The Morgan fingerprint density at radius 1 is 1.40 bits per heavy atom. The van der Waals surface area contributed by atoms with Crippen LogP contribution in [0.1, 0.15) is 19.5 Å². The number of nitrogens with zero attached hydrogens (tertiary/aromatic N) is 2. The first-order valence-corrected chi connectivity index (χ1v) is 5.41. The Kier molecular flexibility index (Phi) is 4.21. The third-order valence-electron chi connectivity index (χ3n) is 2.63. The number of rotatable bonds is 3. The van der Waals surface area contributed by atoms with Gasteiger partial charge in [-0.25, -0.2) is 4.98 Å². The van der Waals surface area contributed by atoms with Crippen molar-refractivity contribution in [1.29, 1.82) is 0 Å². The second-order valence-corrected chi connectivity index (χ2v) is 4.49. The van der Waals surface area contributed by atoms with Crippen molar-refractivity contribution in [3.63, 3.8) is 0 Å². The Balaban J connectivity index is 2.87. The van der Waals surface area contributed by atoms with Crippen LogP contribution in [0.2, 0.25) is 0 Å². The number of nitrogens with two attached hydrogens (primary N) is 1. The van der Waals surface area contributed by atoms with E-state index in [0.717, 1.165) is 18.3 Å². The van der Waals surface area contributed by atoms with Crippen LogP contribution < -0.4 is 11.1 Å². The van der Waals surface area contributed by atoms with Crippen LogP contribution in [0.5, 0.6) is 0 Å². The predicted octanol–water partition coefficient (Wildman–Crippen LogP) is 1.81. The zero-order chi connectivity index (χ0) is 15.6. The molecule has 0 aliphatic rings. The summed E-state index contributed by atoms with van der Waals surface area (Å²) in [7, 11) is 0. The molecule has 0 aromatic carbocycles. The molecule has 0 aliphatic carbocycles. The van der Waals surface area contributed by atoms with Gasteiger partial charge in [0, 0.05) is 0 Å². The maximum Gasteiger partial charge on any atom is 0.433 e. The molecule has 1 aromatic rings. The summed E-state index contributed by atoms with van der Waals surface area (Å²) in [5, 5.41) is 13.6. The summed E-state index contributed by atoms with van der Waals surface area (Å²) < 4.78 is 36.9. The number of halogens is 3. The van der Waals surface area contributed by atoms with Gasteiger partial charge in [-0.3, -0.25) is 4.79 Å². The van der Waals surface area contributed by atoms with Gasteiger partial charge in [0.15, 0.2) is 5.84 Å². The first-order valence-electron chi connectivity index (χ1n) is 5.41. The van der Waals surface area contributed by atoms with E-state index < -0.39 is 23.2 Å². The Morgan fingerprint density at radius 2 is 2.00 bits per heavy atom. The second-order valence-electron chi connectivity index (χ2n) is 4.49. The smallest absolute Gasteiger partial charge is 0.409 e. The van der Waals surface area contributed by atoms with Crippen LogP contribution in [-0.4, -0.2) is 21.9 Å². The van der Waals surface area contributed by atoms with Crippen molar-refractivity contribution in [2.45, 2.75) is 20.0 Å². The van der Waals surface area contributed by atoms with Crippen LogP contribution in [0.25, 0.3) is 0 Å². The summed E-state index contributed by atoms with van der Waals surface area (Å²) in [5.41, 5.74) is 3.05. The largest absolute Gasteiger partial charge is 0.433 e. The molecular formula is C11H13F3N4O2. The minimum absolute atomic E-state index is 0.0711. The van der Waals surface area contributed by atoms with Gasteiger partial charge in [0.1, 0.15) is 11.1 Å². The highest BCUT2D eigenvalue weighted by Gasteiger charge is 2.34. The highest BCUT2D eigenvalue weighted by molar-refractivity contribution is 6.11. The molecule has 20 heavy (non-hydrogen) atoms. The maximum absolute atomic E-state index is 12.3. The van der Waals surface area contributed by atoms with Gasteiger partial charge < -0.3 is 16.3 Å². The molecule has 0 aliphatic heterocycles. The molecule has 1 aromatic heterocycles. The maximum atomic E-state index is 12.3. The Labute approximate surface area is 112 Å². The second kappa shape index (κ2) is 5.35. The molecule has 0 radical (unpaired) electrons. The third kappa shape index (κ3) is 3.37. The van der Waals surface area contributed by atoms with Crippen molar-refractivity contribution in [3.8, 4) is 0 Å². The molecule has 6 nitrogen and oxygen atoms in total. The first kappa shape index (κ1) is 15.7. The minimum atomic E-state index is -4.55. The van der Waals surface area contributed by atoms with Gasteiger partial charge in [-0.1, -0.05) is 5.16 Å². The van der Waals surface area contributed by atoms with Crippen LogP contribution in [-0.2, 0) is 11.0 Å². The van der Waals surface area contributed by atoms with E-state index in [2.05, 4.69) is 15.5 Å². The van der Waals surface area contributed by atoms with Crippen molar-refractivity contribution in [2.75, 3.05) is 5.32 Å². The number of carbonyl (C=O) groups excluding carboxylic acids is 1. The number of hydrogen-bond acceptors (Lipinski definition) is 4. The summed E-state index contributed by atoms with van der Waals surface area (Å²) in [6, 6.07) is 1.81. The molecule has 0 spiro atoms. The van der Waals surface area contributed by atoms with Gasteiger partial charge in [0.05, 0.1) is 11.9 Å². The quantitative estimate of drug-likeness (QED) is 0.342. The lowest BCUT2D eigenvalue weighted by Crippen LogP contribution is -2.42. The third-order valence-corrected chi connectivity index (χ3v) is 2.63. The number of oxime groups is 1. The standard InChI is InChI=1S/C11H13F3N4O2/c1-10(2,8(15)18-20)9(19)17-6-3-4-7(16-5-6)11(12,13)14/h3-5,20H,1-2H3,(H2,15,18)(H,17,19). The fraction of sp³-hybridized carbons (Fsp3) is 0.364. The van der Waals surface area contributed by atoms with Gasteiger partial charge in [-0.05, 0) is 26.0 Å². The van der Waals surface area contributed by atoms with Crippen LogP contribution in [0.4, 0.5) is 18.9 Å². The summed E-state index contributed by atoms with van der Waals surface area (Å²) in [5.74, 6) is -0.968. The highest BCUT2D eigenvalue weighted by atomic mass is 19.4. The molecule has 0 saturated heterocycles. The average Bonchev–Trinajstić information content (AvgIpc) is 2.37. The van der Waals surface area contributed by atoms with Crippen LogP contribution in [0.15, 0.2) is 23.5 Å². The number of pyridine rings is 1. The molecule has 0 fully saturated rings. The van der Waals surface area contributed by atoms with E-state index in [1.807, 2.05) is 0 Å². The lowest BCUT2D eigenvalue weighted by Gasteiger charge is -2.21. The number of amidine groups is 1. The number of anilines is 1. The zero-order valence-electron chi connectivity index (χ0n) is 10.7. The molecule has 9 heteroatoms. The average molecular weight is 290 g/mol. The van der Waals surface area contributed by atoms with E-state index in [4.69, 9.17) is 10.9 Å². The molecule has 1 amide bonds. The van der Waals surface area contributed by atoms with Gasteiger partial charge in [0.2, 0.25) is 5.91 Å². The molecule has 0 atom stereocenters. The van der Waals surface area contributed by atoms with E-state index >= 15 is 0 Å². The number of amides is 1. The molecule has 110 valence electrons. The number of nitrogens with one attached hydrogen (secondary N) is 1. The van der Waals surface area contributed by atoms with Gasteiger partial charge in [-0.2, -0.15) is 13.2 Å². The van der Waals surface area contributed by atoms with Crippen molar-refractivity contribution in [3.05, 3.63) is 24.0 Å². The predicted molar refractivity (Wildman–Crippen MR) is 65.1 cm³/mol. The fourth-order valence-electron chi connectivity index (χ4n) is 1.16. The molecular weight excluding hydrogens is 277 g/mol. The summed E-state index contributed by atoms with van der Waals surface area (Å²) in [6.07, 6.45) is -3.67. The van der Waals surface area contributed by atoms with E-state index in [-0.39, 0.29) is 11.5 Å². The number of carbonyl (C=O) groups is 1. The molecule has 0 bridgehead atoms. The van der Waals surface area contributed by atoms with Crippen molar-refractivity contribution < 1.29 is 23.2 Å². The molecule has 4 N–H and O–H groups in total. The van der Waals surface area contributed by atoms with Crippen molar-refractivity contribution in [1.82, 2.24) is 4.98 Å². The fourth-order valence-corrected chi connectivity index (χ4v) is 1.16. The summed E-state index contributed by atoms with van der Waals surface area (Å²) >= 11 is 0. The van der Waals surface area contributed by atoms with Gasteiger partial charge >= 0.3 is 6.18 Å². The van der Waals surface area contributed by atoms with E-state index in [9.17, 15) is 18.0 Å². The Bertz CT molecular complexity index is 523. The summed E-state index contributed by atoms with van der Waals surface area (Å²) in [4.78, 5) is 15.1. The van der Waals surface area contributed by atoms with Crippen LogP contribution in [0, 0.1) is 5.41 Å². The normalized spacial score (nSPS) is 13.2. The Morgan fingerprint density at radius 3 is 2.40 bits per heavy atom. The first-order chi connectivity index (χ1) is 9.09. The van der Waals surface area contributed by atoms with Gasteiger partial charge in [-0.15, -0.1) is 0 Å². The minimum Gasteiger partial charge on any atom is -0.409 e. The number of hydrogen-bond donors (Lipinski definition) is 3. The van der Waals surface area contributed by atoms with Crippen LogP contribution in [0.3, 0.4) is 0 Å². The zero-order valence-corrected chi connectivity index (χ0v) is 10.7. The molecule has 1 heterocycles. The lowest BCUT2D eigenvalue weighted by molar-refractivity contribution is -0.141. The van der Waals surface area contributed by atoms with Crippen molar-refractivity contribution in [2.24, 2.45) is 16.3 Å².